The summed E-state index contributed by atoms with van der Waals surface area (Å²) in [6.07, 6.45) is 2.01. The molecule has 104 valence electrons. The molecule has 0 amide bonds. The number of Topliss-reactive ketones (excluding diaryl/α,β-unsaturated/α-hetero) is 1. The van der Waals surface area contributed by atoms with Gasteiger partial charge in [-0.2, -0.15) is 0 Å². The first-order valence-corrected chi connectivity index (χ1v) is 7.82. The third-order valence-electron chi connectivity index (χ3n) is 3.11. The van der Waals surface area contributed by atoms with Gasteiger partial charge in [0.25, 0.3) is 0 Å². The average molecular weight is 354 g/mol. The Morgan fingerprint density at radius 2 is 2.25 bits per heavy atom. The van der Waals surface area contributed by atoms with Gasteiger partial charge in [-0.1, -0.05) is 15.9 Å². The van der Waals surface area contributed by atoms with Crippen LogP contribution in [0.4, 0.5) is 0 Å². The highest BCUT2D eigenvalue weighted by Gasteiger charge is 2.29. The third kappa shape index (κ3) is 2.60. The van der Waals surface area contributed by atoms with E-state index in [-0.39, 0.29) is 17.5 Å². The quantitative estimate of drug-likeness (QED) is 0.857. The number of nitrogens with zero attached hydrogens (tertiary/aromatic N) is 2. The first-order chi connectivity index (χ1) is 9.56. The number of rotatable bonds is 4. The van der Waals surface area contributed by atoms with Gasteiger partial charge in [0, 0.05) is 21.0 Å². The Hall–Kier alpha value is -1.34. The van der Waals surface area contributed by atoms with E-state index in [1.165, 1.54) is 18.7 Å². The van der Waals surface area contributed by atoms with Crippen LogP contribution in [0.25, 0.3) is 0 Å². The molecule has 0 spiro atoms. The van der Waals surface area contributed by atoms with Crippen LogP contribution in [-0.4, -0.2) is 20.5 Å². The highest BCUT2D eigenvalue weighted by atomic mass is 79.9. The van der Waals surface area contributed by atoms with Crippen molar-refractivity contribution in [1.82, 2.24) is 14.8 Å². The van der Waals surface area contributed by atoms with Crippen molar-refractivity contribution in [2.75, 3.05) is 0 Å². The van der Waals surface area contributed by atoms with Crippen LogP contribution >= 0.6 is 27.7 Å². The zero-order chi connectivity index (χ0) is 14.3. The number of hydrogen-bond acceptors (Lipinski definition) is 4. The van der Waals surface area contributed by atoms with Crippen molar-refractivity contribution in [3.05, 3.63) is 38.7 Å². The molecule has 20 heavy (non-hydrogen) atoms. The molecule has 2 aromatic rings. The van der Waals surface area contributed by atoms with Gasteiger partial charge in [0.1, 0.15) is 0 Å². The van der Waals surface area contributed by atoms with Crippen molar-refractivity contribution in [3.63, 3.8) is 0 Å². The van der Waals surface area contributed by atoms with Crippen LogP contribution in [-0.2, 0) is 0 Å². The molecule has 1 aliphatic carbocycles. The van der Waals surface area contributed by atoms with Gasteiger partial charge in [-0.3, -0.25) is 9.36 Å². The summed E-state index contributed by atoms with van der Waals surface area (Å²) in [5.74, 6) is -0.00384. The number of aromatic amines is 1. The Labute approximate surface area is 127 Å². The number of H-pyrrole nitrogens is 1. The minimum absolute atomic E-state index is 0.00384. The van der Waals surface area contributed by atoms with E-state index in [0.29, 0.717) is 10.7 Å². The molecule has 1 aromatic carbocycles. The Bertz CT molecular complexity index is 733. The molecule has 1 heterocycles. The first-order valence-electron chi connectivity index (χ1n) is 6.21. The number of halogens is 1. The Morgan fingerprint density at radius 3 is 2.90 bits per heavy atom. The summed E-state index contributed by atoms with van der Waals surface area (Å²) in [5, 5.41) is 7.16. The molecule has 1 fully saturated rings. The van der Waals surface area contributed by atoms with Crippen molar-refractivity contribution >= 4 is 33.5 Å². The Kier molecular flexibility index (Phi) is 3.55. The number of carbonyl (C=O) groups is 1. The van der Waals surface area contributed by atoms with Crippen molar-refractivity contribution in [3.8, 4) is 0 Å². The molecule has 0 unspecified atom stereocenters. The van der Waals surface area contributed by atoms with E-state index >= 15 is 0 Å². The zero-order valence-electron chi connectivity index (χ0n) is 10.7. The summed E-state index contributed by atoms with van der Waals surface area (Å²) in [6, 6.07) is 5.73. The van der Waals surface area contributed by atoms with Gasteiger partial charge in [-0.15, -0.1) is 5.10 Å². The van der Waals surface area contributed by atoms with E-state index in [1.54, 1.807) is 10.6 Å². The maximum Gasteiger partial charge on any atom is 0.344 e. The summed E-state index contributed by atoms with van der Waals surface area (Å²) < 4.78 is 2.57. The summed E-state index contributed by atoms with van der Waals surface area (Å²) in [6.45, 7) is 1.53. The minimum atomic E-state index is -0.186. The van der Waals surface area contributed by atoms with Gasteiger partial charge in [-0.05, 0) is 49.7 Å². The molecule has 1 aromatic heterocycles. The molecule has 0 saturated heterocycles. The lowest BCUT2D eigenvalue weighted by Crippen LogP contribution is -2.16. The maximum absolute atomic E-state index is 11.8. The third-order valence-corrected chi connectivity index (χ3v) is 4.63. The van der Waals surface area contributed by atoms with E-state index in [0.717, 1.165) is 22.2 Å². The molecule has 3 rings (SSSR count). The second-order valence-electron chi connectivity index (χ2n) is 4.71. The number of benzene rings is 1. The maximum atomic E-state index is 11.8. The molecule has 0 aliphatic heterocycles. The van der Waals surface area contributed by atoms with Crippen molar-refractivity contribution in [2.24, 2.45) is 0 Å². The van der Waals surface area contributed by atoms with Gasteiger partial charge in [0.15, 0.2) is 10.9 Å². The van der Waals surface area contributed by atoms with E-state index < -0.39 is 0 Å². The van der Waals surface area contributed by atoms with Crippen LogP contribution in [0.2, 0.25) is 0 Å². The SMILES string of the molecule is CC(=O)c1ccc(Br)cc1Sc1n[nH]c(=O)n1C1CC1. The van der Waals surface area contributed by atoms with Crippen molar-refractivity contribution in [2.45, 2.75) is 35.9 Å². The molecule has 0 atom stereocenters. The largest absolute Gasteiger partial charge is 0.344 e. The number of nitrogens with one attached hydrogen (secondary N) is 1. The summed E-state index contributed by atoms with van der Waals surface area (Å²) >= 11 is 4.74. The molecule has 5 nitrogen and oxygen atoms in total. The van der Waals surface area contributed by atoms with Crippen LogP contribution < -0.4 is 5.69 Å². The number of ketones is 1. The summed E-state index contributed by atoms with van der Waals surface area (Å²) in [4.78, 5) is 24.2. The van der Waals surface area contributed by atoms with E-state index in [2.05, 4.69) is 26.1 Å². The molecule has 1 N–H and O–H groups in total. The molecule has 0 radical (unpaired) electrons. The fraction of sp³-hybridized carbons (Fsp3) is 0.308. The molecule has 7 heteroatoms. The van der Waals surface area contributed by atoms with Crippen LogP contribution in [0.5, 0.6) is 0 Å². The Balaban J connectivity index is 2.01. The highest BCUT2D eigenvalue weighted by Crippen LogP contribution is 2.38. The predicted octanol–water partition coefficient (Wildman–Crippen LogP) is 3.02. The van der Waals surface area contributed by atoms with Crippen LogP contribution in [0.1, 0.15) is 36.2 Å². The summed E-state index contributed by atoms with van der Waals surface area (Å²) in [7, 11) is 0. The van der Waals surface area contributed by atoms with Crippen molar-refractivity contribution in [1.29, 1.82) is 0 Å². The van der Waals surface area contributed by atoms with Crippen LogP contribution in [0, 0.1) is 0 Å². The second-order valence-corrected chi connectivity index (χ2v) is 6.64. The van der Waals surface area contributed by atoms with Crippen LogP contribution in [0.15, 0.2) is 37.5 Å². The van der Waals surface area contributed by atoms with Gasteiger partial charge < -0.3 is 0 Å². The lowest BCUT2D eigenvalue weighted by molar-refractivity contribution is 0.101. The lowest BCUT2D eigenvalue weighted by atomic mass is 10.1. The van der Waals surface area contributed by atoms with Gasteiger partial charge in [-0.25, -0.2) is 9.89 Å². The van der Waals surface area contributed by atoms with Crippen LogP contribution in [0.3, 0.4) is 0 Å². The summed E-state index contributed by atoms with van der Waals surface area (Å²) in [5.41, 5.74) is 0.449. The average Bonchev–Trinajstić information content (AvgIpc) is 3.15. The molecule has 1 saturated carbocycles. The number of aromatic nitrogens is 3. The van der Waals surface area contributed by atoms with E-state index in [1.807, 2.05) is 12.1 Å². The highest BCUT2D eigenvalue weighted by molar-refractivity contribution is 9.10. The monoisotopic (exact) mass is 353 g/mol. The smallest absolute Gasteiger partial charge is 0.294 e. The van der Waals surface area contributed by atoms with E-state index in [9.17, 15) is 9.59 Å². The minimum Gasteiger partial charge on any atom is -0.294 e. The molecule has 1 aliphatic rings. The van der Waals surface area contributed by atoms with Gasteiger partial charge in [0.2, 0.25) is 0 Å². The first kappa shape index (κ1) is 13.6. The molecular formula is C13H12BrN3O2S. The van der Waals surface area contributed by atoms with Crippen molar-refractivity contribution < 1.29 is 4.79 Å². The zero-order valence-corrected chi connectivity index (χ0v) is 13.1. The number of carbonyl (C=O) groups excluding carboxylic acids is 1. The predicted molar refractivity (Wildman–Crippen MR) is 79.4 cm³/mol. The fourth-order valence-corrected chi connectivity index (χ4v) is 3.63. The standard InChI is InChI=1S/C13H12BrN3O2S/c1-7(18)10-5-2-8(14)6-11(10)20-13-16-15-12(19)17(13)9-3-4-9/h2,5-6,9H,3-4H2,1H3,(H,15,19). The topological polar surface area (TPSA) is 67.8 Å². The normalized spacial score (nSPS) is 14.5. The van der Waals surface area contributed by atoms with Gasteiger partial charge >= 0.3 is 5.69 Å². The molecule has 0 bridgehead atoms. The van der Waals surface area contributed by atoms with E-state index in [4.69, 9.17) is 0 Å². The fourth-order valence-electron chi connectivity index (χ4n) is 1.99. The lowest BCUT2D eigenvalue weighted by Gasteiger charge is -2.07. The van der Waals surface area contributed by atoms with Gasteiger partial charge in [0.05, 0.1) is 0 Å². The second kappa shape index (κ2) is 5.21. The number of hydrogen-bond donors (Lipinski definition) is 1. The Morgan fingerprint density at radius 1 is 1.50 bits per heavy atom. The molecular weight excluding hydrogens is 342 g/mol.